The summed E-state index contributed by atoms with van der Waals surface area (Å²) in [5.41, 5.74) is 0.264. The molecule has 0 radical (unpaired) electrons. The standard InChI is InChI=1S/C10H10F2O3/c1-6(10(13)14)15-5-7-2-8(11)4-9(12)3-7/h2-4,6H,5H2,1H3,(H,13,14)/t6-/m0/s1. The second-order valence-corrected chi connectivity index (χ2v) is 3.07. The number of rotatable bonds is 4. The molecule has 0 bridgehead atoms. The maximum absolute atomic E-state index is 12.7. The Morgan fingerprint density at radius 3 is 2.40 bits per heavy atom. The highest BCUT2D eigenvalue weighted by Crippen LogP contribution is 2.10. The molecule has 0 spiro atoms. The minimum atomic E-state index is -1.12. The summed E-state index contributed by atoms with van der Waals surface area (Å²) in [5.74, 6) is -2.54. The minimum Gasteiger partial charge on any atom is -0.479 e. The van der Waals surface area contributed by atoms with Gasteiger partial charge in [0.25, 0.3) is 0 Å². The van der Waals surface area contributed by atoms with Gasteiger partial charge in [0.1, 0.15) is 11.6 Å². The Bertz CT molecular complexity index is 345. The van der Waals surface area contributed by atoms with Gasteiger partial charge in [-0.3, -0.25) is 0 Å². The van der Waals surface area contributed by atoms with E-state index in [2.05, 4.69) is 0 Å². The van der Waals surface area contributed by atoms with Crippen molar-refractivity contribution < 1.29 is 23.4 Å². The van der Waals surface area contributed by atoms with Crippen LogP contribution in [0.25, 0.3) is 0 Å². The van der Waals surface area contributed by atoms with E-state index in [4.69, 9.17) is 9.84 Å². The van der Waals surface area contributed by atoms with Crippen molar-refractivity contribution in [1.29, 1.82) is 0 Å². The van der Waals surface area contributed by atoms with E-state index in [0.717, 1.165) is 18.2 Å². The topological polar surface area (TPSA) is 46.5 Å². The fourth-order valence-corrected chi connectivity index (χ4v) is 0.987. The van der Waals surface area contributed by atoms with E-state index in [1.165, 1.54) is 6.92 Å². The smallest absolute Gasteiger partial charge is 0.332 e. The highest BCUT2D eigenvalue weighted by atomic mass is 19.1. The second kappa shape index (κ2) is 4.84. The number of ether oxygens (including phenoxy) is 1. The molecule has 0 aliphatic carbocycles. The van der Waals surface area contributed by atoms with Crippen molar-refractivity contribution in [2.75, 3.05) is 0 Å². The number of hydrogen-bond acceptors (Lipinski definition) is 2. The van der Waals surface area contributed by atoms with Gasteiger partial charge in [-0.2, -0.15) is 0 Å². The Morgan fingerprint density at radius 2 is 1.93 bits per heavy atom. The minimum absolute atomic E-state index is 0.137. The Morgan fingerprint density at radius 1 is 1.40 bits per heavy atom. The van der Waals surface area contributed by atoms with Crippen LogP contribution in [0.15, 0.2) is 18.2 Å². The van der Waals surface area contributed by atoms with Crippen molar-refractivity contribution in [3.63, 3.8) is 0 Å². The van der Waals surface area contributed by atoms with Crippen LogP contribution in [0.4, 0.5) is 8.78 Å². The summed E-state index contributed by atoms with van der Waals surface area (Å²) in [6, 6.07) is 2.93. The third-order valence-electron chi connectivity index (χ3n) is 1.77. The number of benzene rings is 1. The summed E-state index contributed by atoms with van der Waals surface area (Å²) < 4.78 is 30.3. The van der Waals surface area contributed by atoms with Crippen LogP contribution >= 0.6 is 0 Å². The average Bonchev–Trinajstić information content (AvgIpc) is 2.12. The molecule has 0 fully saturated rings. The van der Waals surface area contributed by atoms with Crippen LogP contribution in [0.2, 0.25) is 0 Å². The Kier molecular flexibility index (Phi) is 3.74. The lowest BCUT2D eigenvalue weighted by Crippen LogP contribution is -2.19. The molecule has 0 unspecified atom stereocenters. The van der Waals surface area contributed by atoms with E-state index < -0.39 is 23.7 Å². The number of carboxylic acid groups (broad SMARTS) is 1. The largest absolute Gasteiger partial charge is 0.479 e. The molecule has 0 heterocycles. The summed E-state index contributed by atoms with van der Waals surface area (Å²) in [7, 11) is 0. The van der Waals surface area contributed by atoms with Crippen LogP contribution in [-0.2, 0) is 16.1 Å². The molecular formula is C10H10F2O3. The van der Waals surface area contributed by atoms with Crippen LogP contribution in [0, 0.1) is 11.6 Å². The molecule has 82 valence electrons. The summed E-state index contributed by atoms with van der Waals surface area (Å²) in [6.07, 6.45) is -1.00. The quantitative estimate of drug-likeness (QED) is 0.836. The lowest BCUT2D eigenvalue weighted by atomic mass is 10.2. The van der Waals surface area contributed by atoms with Crippen molar-refractivity contribution in [1.82, 2.24) is 0 Å². The van der Waals surface area contributed by atoms with Crippen molar-refractivity contribution in [2.45, 2.75) is 19.6 Å². The molecule has 0 saturated carbocycles. The number of aliphatic carboxylic acids is 1. The molecule has 1 N–H and O–H groups in total. The van der Waals surface area contributed by atoms with Gasteiger partial charge in [-0.25, -0.2) is 13.6 Å². The van der Waals surface area contributed by atoms with Gasteiger partial charge in [0.15, 0.2) is 6.10 Å². The van der Waals surface area contributed by atoms with Gasteiger partial charge in [-0.05, 0) is 24.6 Å². The number of carboxylic acids is 1. The first kappa shape index (κ1) is 11.6. The average molecular weight is 216 g/mol. The lowest BCUT2D eigenvalue weighted by molar-refractivity contribution is -0.149. The van der Waals surface area contributed by atoms with Crippen LogP contribution in [0.3, 0.4) is 0 Å². The van der Waals surface area contributed by atoms with Crippen molar-refractivity contribution >= 4 is 5.97 Å². The SMILES string of the molecule is C[C@H](OCc1cc(F)cc(F)c1)C(=O)O. The normalized spacial score (nSPS) is 12.5. The zero-order valence-corrected chi connectivity index (χ0v) is 8.04. The van der Waals surface area contributed by atoms with Gasteiger partial charge >= 0.3 is 5.97 Å². The van der Waals surface area contributed by atoms with E-state index in [1.807, 2.05) is 0 Å². The predicted octanol–water partition coefficient (Wildman–Crippen LogP) is 1.95. The molecule has 1 atom stereocenters. The molecule has 0 saturated heterocycles. The third-order valence-corrected chi connectivity index (χ3v) is 1.77. The summed E-state index contributed by atoms with van der Waals surface area (Å²) in [6.45, 7) is 1.21. The van der Waals surface area contributed by atoms with Gasteiger partial charge in [0.05, 0.1) is 6.61 Å². The highest BCUT2D eigenvalue weighted by Gasteiger charge is 2.11. The van der Waals surface area contributed by atoms with E-state index in [9.17, 15) is 13.6 Å². The molecular weight excluding hydrogens is 206 g/mol. The molecule has 3 nitrogen and oxygen atoms in total. The molecule has 5 heteroatoms. The molecule has 1 aromatic carbocycles. The van der Waals surface area contributed by atoms with Crippen molar-refractivity contribution in [3.8, 4) is 0 Å². The highest BCUT2D eigenvalue weighted by molar-refractivity contribution is 5.71. The maximum atomic E-state index is 12.7. The van der Waals surface area contributed by atoms with Crippen LogP contribution in [0.1, 0.15) is 12.5 Å². The van der Waals surface area contributed by atoms with Gasteiger partial charge in [0, 0.05) is 6.07 Å². The number of halogens is 2. The van der Waals surface area contributed by atoms with E-state index in [1.54, 1.807) is 0 Å². The fraction of sp³-hybridized carbons (Fsp3) is 0.300. The van der Waals surface area contributed by atoms with Gasteiger partial charge in [0.2, 0.25) is 0 Å². The molecule has 1 aromatic rings. The Labute approximate surface area is 85.3 Å². The predicted molar refractivity (Wildman–Crippen MR) is 48.2 cm³/mol. The number of hydrogen-bond donors (Lipinski definition) is 1. The second-order valence-electron chi connectivity index (χ2n) is 3.07. The van der Waals surface area contributed by atoms with Crippen molar-refractivity contribution in [3.05, 3.63) is 35.4 Å². The molecule has 1 rings (SSSR count). The lowest BCUT2D eigenvalue weighted by Gasteiger charge is -2.08. The van der Waals surface area contributed by atoms with Crippen molar-refractivity contribution in [2.24, 2.45) is 0 Å². The van der Waals surface area contributed by atoms with Gasteiger partial charge < -0.3 is 9.84 Å². The van der Waals surface area contributed by atoms with Crippen LogP contribution in [0.5, 0.6) is 0 Å². The molecule has 0 amide bonds. The third kappa shape index (κ3) is 3.63. The fourth-order valence-electron chi connectivity index (χ4n) is 0.987. The Hall–Kier alpha value is -1.49. The Balaban J connectivity index is 2.61. The summed E-state index contributed by atoms with van der Waals surface area (Å²) in [4.78, 5) is 10.4. The summed E-state index contributed by atoms with van der Waals surface area (Å²) >= 11 is 0. The summed E-state index contributed by atoms with van der Waals surface area (Å²) in [5, 5.41) is 8.50. The number of carbonyl (C=O) groups is 1. The van der Waals surface area contributed by atoms with Crippen LogP contribution in [-0.4, -0.2) is 17.2 Å². The van der Waals surface area contributed by atoms with Gasteiger partial charge in [-0.1, -0.05) is 0 Å². The van der Waals surface area contributed by atoms with E-state index in [-0.39, 0.29) is 12.2 Å². The van der Waals surface area contributed by atoms with Crippen LogP contribution < -0.4 is 0 Å². The first-order valence-corrected chi connectivity index (χ1v) is 4.28. The monoisotopic (exact) mass is 216 g/mol. The zero-order chi connectivity index (χ0) is 11.4. The first-order chi connectivity index (χ1) is 6.99. The maximum Gasteiger partial charge on any atom is 0.332 e. The van der Waals surface area contributed by atoms with E-state index >= 15 is 0 Å². The zero-order valence-electron chi connectivity index (χ0n) is 8.04. The molecule has 0 aliphatic heterocycles. The molecule has 15 heavy (non-hydrogen) atoms. The van der Waals surface area contributed by atoms with Gasteiger partial charge in [-0.15, -0.1) is 0 Å². The first-order valence-electron chi connectivity index (χ1n) is 4.28. The molecule has 0 aromatic heterocycles. The molecule has 0 aliphatic rings. The van der Waals surface area contributed by atoms with E-state index in [0.29, 0.717) is 0 Å².